The lowest BCUT2D eigenvalue weighted by atomic mass is 9.93. The molecule has 2 atom stereocenters. The second kappa shape index (κ2) is 8.04. The van der Waals surface area contributed by atoms with Gasteiger partial charge in [-0.05, 0) is 24.5 Å². The zero-order valence-electron chi connectivity index (χ0n) is 12.2. The van der Waals surface area contributed by atoms with Crippen LogP contribution in [-0.4, -0.2) is 35.7 Å². The van der Waals surface area contributed by atoms with Gasteiger partial charge in [0.25, 0.3) is 0 Å². The molecule has 1 saturated heterocycles. The van der Waals surface area contributed by atoms with E-state index in [1.807, 2.05) is 0 Å². The Balaban J connectivity index is 0.000000351. The monoisotopic (exact) mass is 354 g/mol. The first-order valence-corrected chi connectivity index (χ1v) is 6.81. The Morgan fingerprint density at radius 1 is 1.25 bits per heavy atom. The largest absolute Gasteiger partial charge is 0.490 e. The van der Waals surface area contributed by atoms with E-state index in [1.54, 1.807) is 6.07 Å². The molecular weight excluding hydrogens is 339 g/mol. The molecule has 1 fully saturated rings. The minimum atomic E-state index is -5.08. The molecule has 0 spiro atoms. The Morgan fingerprint density at radius 3 is 2.38 bits per heavy atom. The van der Waals surface area contributed by atoms with E-state index in [9.17, 15) is 26.7 Å². The molecule has 24 heavy (non-hydrogen) atoms. The highest BCUT2D eigenvalue weighted by Gasteiger charge is 2.38. The van der Waals surface area contributed by atoms with Crippen molar-refractivity contribution in [2.75, 3.05) is 6.54 Å². The molecule has 0 saturated carbocycles. The van der Waals surface area contributed by atoms with Crippen LogP contribution in [0.4, 0.5) is 22.0 Å². The number of nitrogens with one attached hydrogen (secondary N) is 1. The molecule has 1 aliphatic rings. The van der Waals surface area contributed by atoms with Gasteiger partial charge in [-0.1, -0.05) is 12.1 Å². The molecule has 2 rings (SSSR count). The number of hydrogen-bond donors (Lipinski definition) is 3. The fourth-order valence-corrected chi connectivity index (χ4v) is 2.07. The molecule has 1 heterocycles. The van der Waals surface area contributed by atoms with Crippen LogP contribution in [0.15, 0.2) is 18.2 Å². The summed E-state index contributed by atoms with van der Waals surface area (Å²) >= 11 is 0. The van der Waals surface area contributed by atoms with Crippen LogP contribution >= 0.6 is 0 Å². The Hall–Kier alpha value is -2.23. The summed E-state index contributed by atoms with van der Waals surface area (Å²) in [5, 5.41) is 9.76. The summed E-state index contributed by atoms with van der Waals surface area (Å²) in [6.07, 6.45) is -4.03. The number of carboxylic acid groups (broad SMARTS) is 1. The number of alkyl halides is 3. The highest BCUT2D eigenvalue weighted by molar-refractivity contribution is 5.81. The lowest BCUT2D eigenvalue weighted by Gasteiger charge is -2.15. The number of carbonyl (C=O) groups is 2. The van der Waals surface area contributed by atoms with Gasteiger partial charge in [-0.25, -0.2) is 13.6 Å². The summed E-state index contributed by atoms with van der Waals surface area (Å²) in [7, 11) is 0. The number of hydrogen-bond acceptors (Lipinski definition) is 3. The van der Waals surface area contributed by atoms with Crippen LogP contribution in [0.25, 0.3) is 0 Å². The number of carboxylic acids is 1. The highest BCUT2D eigenvalue weighted by atomic mass is 19.4. The Bertz CT molecular complexity index is 607. The predicted octanol–water partition coefficient (Wildman–Crippen LogP) is 1.92. The van der Waals surface area contributed by atoms with E-state index in [4.69, 9.17) is 15.6 Å². The number of nitrogens with two attached hydrogens (primary N) is 1. The Kier molecular flexibility index (Phi) is 6.64. The average Bonchev–Trinajstić information content (AvgIpc) is 2.65. The molecule has 0 bridgehead atoms. The van der Waals surface area contributed by atoms with Gasteiger partial charge in [-0.3, -0.25) is 4.79 Å². The number of halogens is 5. The van der Waals surface area contributed by atoms with Gasteiger partial charge < -0.3 is 16.2 Å². The minimum Gasteiger partial charge on any atom is -0.475 e. The predicted molar refractivity (Wildman–Crippen MR) is 73.0 cm³/mol. The molecule has 0 unspecified atom stereocenters. The molecule has 1 aromatic carbocycles. The maximum Gasteiger partial charge on any atom is 0.490 e. The van der Waals surface area contributed by atoms with E-state index < -0.39 is 29.8 Å². The molecule has 4 N–H and O–H groups in total. The third kappa shape index (κ3) is 5.44. The quantitative estimate of drug-likeness (QED) is 0.672. The highest BCUT2D eigenvalue weighted by Crippen LogP contribution is 2.26. The number of benzene rings is 1. The maximum atomic E-state index is 13.6. The van der Waals surface area contributed by atoms with E-state index in [0.717, 1.165) is 6.07 Å². The fraction of sp³-hybridized carbons (Fsp3) is 0.429. The minimum absolute atomic E-state index is 0.219. The molecule has 134 valence electrons. The third-order valence-electron chi connectivity index (χ3n) is 3.35. The number of rotatable bonds is 1. The van der Waals surface area contributed by atoms with Gasteiger partial charge in [0.1, 0.15) is 0 Å². The molecule has 0 aromatic heterocycles. The van der Waals surface area contributed by atoms with Crippen LogP contribution in [0.3, 0.4) is 0 Å². The third-order valence-corrected chi connectivity index (χ3v) is 3.35. The Morgan fingerprint density at radius 2 is 1.83 bits per heavy atom. The number of aliphatic carboxylic acids is 1. The van der Waals surface area contributed by atoms with Crippen molar-refractivity contribution in [3.05, 3.63) is 35.4 Å². The van der Waals surface area contributed by atoms with Gasteiger partial charge in [0.2, 0.25) is 5.91 Å². The van der Waals surface area contributed by atoms with Crippen LogP contribution in [0, 0.1) is 11.6 Å². The van der Waals surface area contributed by atoms with Crippen LogP contribution < -0.4 is 11.1 Å². The van der Waals surface area contributed by atoms with Crippen molar-refractivity contribution in [3.63, 3.8) is 0 Å². The topological polar surface area (TPSA) is 92.4 Å². The van der Waals surface area contributed by atoms with E-state index >= 15 is 0 Å². The summed E-state index contributed by atoms with van der Waals surface area (Å²) in [6.45, 7) is 0.299. The lowest BCUT2D eigenvalue weighted by Crippen LogP contribution is -2.38. The van der Waals surface area contributed by atoms with Gasteiger partial charge in [0.05, 0.1) is 6.04 Å². The first-order valence-electron chi connectivity index (χ1n) is 6.81. The molecule has 0 radical (unpaired) electrons. The van der Waals surface area contributed by atoms with Crippen molar-refractivity contribution >= 4 is 11.9 Å². The van der Waals surface area contributed by atoms with Crippen molar-refractivity contribution in [1.29, 1.82) is 0 Å². The van der Waals surface area contributed by atoms with E-state index in [1.165, 1.54) is 6.07 Å². The molecule has 0 aliphatic carbocycles. The zero-order chi connectivity index (χ0) is 18.5. The smallest absolute Gasteiger partial charge is 0.475 e. The molecule has 5 nitrogen and oxygen atoms in total. The SMILES string of the molecule is N[C@@H]1CC[C@@H](c2cccc(F)c2F)CNC1=O.O=C(O)C(F)(F)F. The maximum absolute atomic E-state index is 13.6. The summed E-state index contributed by atoms with van der Waals surface area (Å²) < 4.78 is 58.4. The van der Waals surface area contributed by atoms with Crippen molar-refractivity contribution < 1.29 is 36.6 Å². The number of amides is 1. The van der Waals surface area contributed by atoms with Crippen LogP contribution in [0.5, 0.6) is 0 Å². The van der Waals surface area contributed by atoms with Gasteiger partial charge >= 0.3 is 12.1 Å². The van der Waals surface area contributed by atoms with Crippen molar-refractivity contribution in [2.24, 2.45) is 5.73 Å². The van der Waals surface area contributed by atoms with Gasteiger partial charge in [0.15, 0.2) is 11.6 Å². The normalized spacial score (nSPS) is 21.2. The van der Waals surface area contributed by atoms with Crippen LogP contribution in [0.1, 0.15) is 24.3 Å². The fourth-order valence-electron chi connectivity index (χ4n) is 2.07. The standard InChI is InChI=1S/C12H14F2N2O.C2HF3O2/c13-9-3-1-2-8(11(9)14)7-4-5-10(15)12(17)16-6-7;3-2(4,5)1(6)7/h1-3,7,10H,4-6,15H2,(H,16,17);(H,6,7)/t7-,10-;/m1./s1. The summed E-state index contributed by atoms with van der Waals surface area (Å²) in [5.74, 6) is -4.90. The van der Waals surface area contributed by atoms with Gasteiger partial charge in [-0.15, -0.1) is 0 Å². The summed E-state index contributed by atoms with van der Waals surface area (Å²) in [4.78, 5) is 20.2. The first-order chi connectivity index (χ1) is 11.0. The number of carbonyl (C=O) groups excluding carboxylic acids is 1. The molecule has 1 amide bonds. The van der Waals surface area contributed by atoms with Gasteiger partial charge in [-0.2, -0.15) is 13.2 Å². The van der Waals surface area contributed by atoms with Crippen LogP contribution in [0.2, 0.25) is 0 Å². The van der Waals surface area contributed by atoms with Crippen molar-refractivity contribution in [2.45, 2.75) is 31.0 Å². The van der Waals surface area contributed by atoms with Crippen LogP contribution in [-0.2, 0) is 9.59 Å². The summed E-state index contributed by atoms with van der Waals surface area (Å²) in [5.41, 5.74) is 5.91. The van der Waals surface area contributed by atoms with E-state index in [2.05, 4.69) is 5.32 Å². The average molecular weight is 354 g/mol. The molecule has 1 aromatic rings. The summed E-state index contributed by atoms with van der Waals surface area (Å²) in [6, 6.07) is 3.54. The van der Waals surface area contributed by atoms with Crippen molar-refractivity contribution in [3.8, 4) is 0 Å². The Labute approximate surface area is 133 Å². The second-order valence-corrected chi connectivity index (χ2v) is 5.07. The van der Waals surface area contributed by atoms with E-state index in [0.29, 0.717) is 24.9 Å². The van der Waals surface area contributed by atoms with Crippen molar-refractivity contribution in [1.82, 2.24) is 5.32 Å². The van der Waals surface area contributed by atoms with Gasteiger partial charge in [0, 0.05) is 12.5 Å². The molecule has 1 aliphatic heterocycles. The lowest BCUT2D eigenvalue weighted by molar-refractivity contribution is -0.192. The molecule has 10 heteroatoms. The molecular formula is C14H15F5N2O3. The second-order valence-electron chi connectivity index (χ2n) is 5.07. The van der Waals surface area contributed by atoms with E-state index in [-0.39, 0.29) is 11.8 Å². The first kappa shape index (κ1) is 19.8. The zero-order valence-corrected chi connectivity index (χ0v) is 12.2.